The molecule has 0 saturated heterocycles. The lowest BCUT2D eigenvalue weighted by Crippen LogP contribution is -2.25. The Morgan fingerprint density at radius 2 is 1.91 bits per heavy atom. The lowest BCUT2D eigenvalue weighted by molar-refractivity contribution is 0.317. The summed E-state index contributed by atoms with van der Waals surface area (Å²) in [6.07, 6.45) is 2.88. The fraction of sp³-hybridized carbons (Fsp3) is 0.412. The van der Waals surface area contributed by atoms with E-state index in [1.165, 1.54) is 4.68 Å². The number of nitrogens with two attached hydrogens (primary N) is 1. The second kappa shape index (κ2) is 7.64. The van der Waals surface area contributed by atoms with Crippen LogP contribution in [0.15, 0.2) is 35.1 Å². The van der Waals surface area contributed by atoms with Crippen LogP contribution in [0.25, 0.3) is 11.3 Å². The summed E-state index contributed by atoms with van der Waals surface area (Å²) >= 11 is 0. The highest BCUT2D eigenvalue weighted by molar-refractivity contribution is 5.62. The normalized spacial score (nSPS) is 10.6. The molecule has 0 amide bonds. The van der Waals surface area contributed by atoms with E-state index >= 15 is 0 Å². The van der Waals surface area contributed by atoms with Gasteiger partial charge in [-0.05, 0) is 43.2 Å². The number of rotatable bonds is 7. The van der Waals surface area contributed by atoms with E-state index in [2.05, 4.69) is 18.9 Å². The van der Waals surface area contributed by atoms with Gasteiger partial charge in [0.05, 0.1) is 12.3 Å². The van der Waals surface area contributed by atoms with Crippen molar-refractivity contribution in [2.24, 2.45) is 0 Å². The molecule has 1 aromatic heterocycles. The van der Waals surface area contributed by atoms with Crippen LogP contribution < -0.4 is 16.0 Å². The third-order valence-corrected chi connectivity index (χ3v) is 3.35. The minimum Gasteiger partial charge on any atom is -0.494 e. The fourth-order valence-electron chi connectivity index (χ4n) is 2.10. The molecule has 0 fully saturated rings. The lowest BCUT2D eigenvalue weighted by atomic mass is 10.1. The summed E-state index contributed by atoms with van der Waals surface area (Å²) in [4.78, 5) is 12.0. The minimum absolute atomic E-state index is 0.222. The smallest absolute Gasteiger partial charge is 0.289 e. The monoisotopic (exact) mass is 301 g/mol. The van der Waals surface area contributed by atoms with Gasteiger partial charge in [-0.3, -0.25) is 4.79 Å². The molecular formula is C17H23N3O2. The first-order valence-corrected chi connectivity index (χ1v) is 7.76. The zero-order chi connectivity index (χ0) is 15.9. The molecule has 0 aliphatic carbocycles. The number of nitrogens with zero attached hydrogens (tertiary/aromatic N) is 2. The molecule has 0 bridgehead atoms. The van der Waals surface area contributed by atoms with Crippen molar-refractivity contribution in [3.8, 4) is 17.0 Å². The molecule has 5 nitrogen and oxygen atoms in total. The molecule has 22 heavy (non-hydrogen) atoms. The predicted octanol–water partition coefficient (Wildman–Crippen LogP) is 3.08. The summed E-state index contributed by atoms with van der Waals surface area (Å²) in [6.45, 7) is 5.44. The number of hydrogen-bond donors (Lipinski definition) is 1. The Bertz CT molecular complexity index is 663. The Morgan fingerprint density at radius 1 is 1.18 bits per heavy atom. The number of anilines is 1. The van der Waals surface area contributed by atoms with Crippen LogP contribution in [0.4, 0.5) is 5.69 Å². The number of hydrogen-bond acceptors (Lipinski definition) is 4. The number of aryl methyl sites for hydroxylation is 1. The molecule has 5 heteroatoms. The summed E-state index contributed by atoms with van der Waals surface area (Å²) in [6, 6.07) is 9.31. The van der Waals surface area contributed by atoms with Crippen molar-refractivity contribution >= 4 is 5.69 Å². The van der Waals surface area contributed by atoms with Crippen molar-refractivity contribution in [3.63, 3.8) is 0 Å². The highest BCUT2D eigenvalue weighted by Gasteiger charge is 2.08. The van der Waals surface area contributed by atoms with Crippen LogP contribution in [0, 0.1) is 0 Å². The maximum atomic E-state index is 12.0. The van der Waals surface area contributed by atoms with E-state index in [-0.39, 0.29) is 11.2 Å². The molecule has 1 aromatic carbocycles. The van der Waals surface area contributed by atoms with E-state index in [0.29, 0.717) is 18.8 Å². The molecule has 0 saturated carbocycles. The van der Waals surface area contributed by atoms with Gasteiger partial charge in [0, 0.05) is 12.1 Å². The van der Waals surface area contributed by atoms with Gasteiger partial charge in [-0.2, -0.15) is 5.10 Å². The van der Waals surface area contributed by atoms with Gasteiger partial charge < -0.3 is 10.5 Å². The lowest BCUT2D eigenvalue weighted by Gasteiger charge is -2.09. The summed E-state index contributed by atoms with van der Waals surface area (Å²) in [5.74, 6) is 0.831. The van der Waals surface area contributed by atoms with Gasteiger partial charge in [0.1, 0.15) is 11.4 Å². The van der Waals surface area contributed by atoms with E-state index in [0.717, 1.165) is 30.6 Å². The van der Waals surface area contributed by atoms with E-state index in [9.17, 15) is 4.79 Å². The molecule has 118 valence electrons. The van der Waals surface area contributed by atoms with Gasteiger partial charge in [-0.25, -0.2) is 4.68 Å². The topological polar surface area (TPSA) is 70.1 Å². The molecule has 2 N–H and O–H groups in total. The van der Waals surface area contributed by atoms with Gasteiger partial charge in [-0.15, -0.1) is 0 Å². The predicted molar refractivity (Wildman–Crippen MR) is 89.0 cm³/mol. The van der Waals surface area contributed by atoms with Crippen molar-refractivity contribution in [3.05, 3.63) is 40.7 Å². The number of benzene rings is 1. The zero-order valence-corrected chi connectivity index (χ0v) is 13.2. The highest BCUT2D eigenvalue weighted by Crippen LogP contribution is 2.21. The highest BCUT2D eigenvalue weighted by atomic mass is 16.5. The molecule has 2 aromatic rings. The number of unbranched alkanes of at least 4 members (excludes halogenated alkanes) is 1. The van der Waals surface area contributed by atoms with Crippen LogP contribution in [0.5, 0.6) is 5.75 Å². The Morgan fingerprint density at radius 3 is 2.55 bits per heavy atom. The third kappa shape index (κ3) is 3.87. The quantitative estimate of drug-likeness (QED) is 0.853. The Hall–Kier alpha value is -2.30. The molecule has 0 spiro atoms. The maximum Gasteiger partial charge on any atom is 0.289 e. The van der Waals surface area contributed by atoms with Gasteiger partial charge >= 0.3 is 0 Å². The van der Waals surface area contributed by atoms with Crippen LogP contribution in [0.2, 0.25) is 0 Å². The van der Waals surface area contributed by atoms with Crippen molar-refractivity contribution in [1.82, 2.24) is 9.78 Å². The number of aromatic nitrogens is 2. The first kappa shape index (κ1) is 16.1. The third-order valence-electron chi connectivity index (χ3n) is 3.35. The number of ether oxygens (including phenoxy) is 1. The van der Waals surface area contributed by atoms with Crippen molar-refractivity contribution in [2.45, 2.75) is 39.7 Å². The zero-order valence-electron chi connectivity index (χ0n) is 13.2. The van der Waals surface area contributed by atoms with Gasteiger partial charge in [-0.1, -0.05) is 20.3 Å². The first-order valence-electron chi connectivity index (χ1n) is 7.76. The largest absolute Gasteiger partial charge is 0.494 e. The van der Waals surface area contributed by atoms with Gasteiger partial charge in [0.25, 0.3) is 5.56 Å². The molecule has 2 rings (SSSR count). The maximum absolute atomic E-state index is 12.0. The Labute approximate surface area is 130 Å². The summed E-state index contributed by atoms with van der Waals surface area (Å²) in [7, 11) is 0. The van der Waals surface area contributed by atoms with E-state index in [4.69, 9.17) is 10.5 Å². The standard InChI is InChI=1S/C17H23N3O2/c1-3-5-10-20-17(21)15(18)12-16(19-20)13-6-8-14(9-7-13)22-11-4-2/h6-9,12H,3-5,10-11,18H2,1-2H3. The van der Waals surface area contributed by atoms with Crippen LogP contribution >= 0.6 is 0 Å². The molecule has 0 aliphatic rings. The average molecular weight is 301 g/mol. The minimum atomic E-state index is -0.222. The molecule has 0 aliphatic heterocycles. The van der Waals surface area contributed by atoms with Crippen LogP contribution in [-0.4, -0.2) is 16.4 Å². The van der Waals surface area contributed by atoms with E-state index in [1.54, 1.807) is 6.07 Å². The SMILES string of the molecule is CCCCn1nc(-c2ccc(OCCC)cc2)cc(N)c1=O. The molecule has 1 heterocycles. The van der Waals surface area contributed by atoms with Crippen LogP contribution in [-0.2, 0) is 6.54 Å². The second-order valence-corrected chi connectivity index (χ2v) is 5.24. The Kier molecular flexibility index (Phi) is 5.58. The van der Waals surface area contributed by atoms with Crippen molar-refractivity contribution in [1.29, 1.82) is 0 Å². The second-order valence-electron chi connectivity index (χ2n) is 5.24. The van der Waals surface area contributed by atoms with Gasteiger partial charge in [0.2, 0.25) is 0 Å². The molecule has 0 unspecified atom stereocenters. The molecular weight excluding hydrogens is 278 g/mol. The summed E-state index contributed by atoms with van der Waals surface area (Å²) < 4.78 is 7.02. The number of nitrogen functional groups attached to an aromatic ring is 1. The molecule has 0 radical (unpaired) electrons. The first-order chi connectivity index (χ1) is 10.7. The average Bonchev–Trinajstić information content (AvgIpc) is 2.54. The van der Waals surface area contributed by atoms with Gasteiger partial charge in [0.15, 0.2) is 0 Å². The van der Waals surface area contributed by atoms with Crippen LogP contribution in [0.3, 0.4) is 0 Å². The van der Waals surface area contributed by atoms with Crippen molar-refractivity contribution in [2.75, 3.05) is 12.3 Å². The van der Waals surface area contributed by atoms with E-state index < -0.39 is 0 Å². The van der Waals surface area contributed by atoms with Crippen molar-refractivity contribution < 1.29 is 4.74 Å². The summed E-state index contributed by atoms with van der Waals surface area (Å²) in [5.41, 5.74) is 7.46. The van der Waals surface area contributed by atoms with Crippen LogP contribution in [0.1, 0.15) is 33.1 Å². The summed E-state index contributed by atoms with van der Waals surface area (Å²) in [5, 5.41) is 4.42. The fourth-order valence-corrected chi connectivity index (χ4v) is 2.10. The Balaban J connectivity index is 2.27. The van der Waals surface area contributed by atoms with E-state index in [1.807, 2.05) is 24.3 Å². The molecule has 0 atom stereocenters.